The molecule has 1 saturated heterocycles. The van der Waals surface area contributed by atoms with Crippen LogP contribution in [-0.4, -0.2) is 37.7 Å². The lowest BCUT2D eigenvalue weighted by molar-refractivity contribution is -0.117. The molecule has 1 atom stereocenters. The Morgan fingerprint density at radius 3 is 2.67 bits per heavy atom. The summed E-state index contributed by atoms with van der Waals surface area (Å²) < 4.78 is 11.1. The van der Waals surface area contributed by atoms with Gasteiger partial charge in [0.05, 0.1) is 11.7 Å². The van der Waals surface area contributed by atoms with Crippen LogP contribution in [0.25, 0.3) is 10.8 Å². The molecule has 3 amide bonds. The Morgan fingerprint density at radius 2 is 1.77 bits per heavy atom. The summed E-state index contributed by atoms with van der Waals surface area (Å²) in [5.74, 6) is 1.28. The smallest absolute Gasteiger partial charge is 0.319 e. The number of benzene rings is 3. The highest BCUT2D eigenvalue weighted by atomic mass is 16.6. The molecule has 0 aliphatic carbocycles. The first-order chi connectivity index (χ1) is 14.7. The van der Waals surface area contributed by atoms with Gasteiger partial charge < -0.3 is 25.0 Å². The number of ether oxygens (including phenoxy) is 2. The summed E-state index contributed by atoms with van der Waals surface area (Å²) in [5.41, 5.74) is 1.47. The third-order valence-electron chi connectivity index (χ3n) is 5.34. The van der Waals surface area contributed by atoms with Crippen LogP contribution in [0.3, 0.4) is 0 Å². The second-order valence-electron chi connectivity index (χ2n) is 7.36. The van der Waals surface area contributed by atoms with Gasteiger partial charge >= 0.3 is 6.03 Å². The van der Waals surface area contributed by atoms with Crippen LogP contribution in [0.15, 0.2) is 60.7 Å². The molecule has 3 aromatic rings. The molecule has 5 rings (SSSR count). The summed E-state index contributed by atoms with van der Waals surface area (Å²) in [6, 6.07) is 18.5. The number of amides is 3. The summed E-state index contributed by atoms with van der Waals surface area (Å²) >= 11 is 0. The SMILES string of the molecule is O=C(Nc1cccc2ccccc12)N[C@@H]1CC(=O)N(c2ccc3c(c2)OCCO3)C1. The molecule has 7 nitrogen and oxygen atoms in total. The number of fused-ring (bicyclic) bond motifs is 2. The number of hydrogen-bond donors (Lipinski definition) is 2. The lowest BCUT2D eigenvalue weighted by atomic mass is 10.1. The minimum absolute atomic E-state index is 0.0397. The van der Waals surface area contributed by atoms with Crippen molar-refractivity contribution in [1.29, 1.82) is 0 Å². The monoisotopic (exact) mass is 403 g/mol. The third-order valence-corrected chi connectivity index (χ3v) is 5.34. The maximum absolute atomic E-state index is 12.6. The molecule has 1 fully saturated rings. The molecule has 0 spiro atoms. The molecule has 7 heteroatoms. The van der Waals surface area contributed by atoms with Gasteiger partial charge in [-0.2, -0.15) is 0 Å². The van der Waals surface area contributed by atoms with E-state index in [9.17, 15) is 9.59 Å². The zero-order valence-corrected chi connectivity index (χ0v) is 16.3. The Hall–Kier alpha value is -3.74. The first kappa shape index (κ1) is 18.3. The number of nitrogens with zero attached hydrogens (tertiary/aromatic N) is 1. The van der Waals surface area contributed by atoms with Crippen LogP contribution in [0, 0.1) is 0 Å². The maximum Gasteiger partial charge on any atom is 0.319 e. The average molecular weight is 403 g/mol. The molecular formula is C23H21N3O4. The predicted octanol–water partition coefficient (Wildman–Crippen LogP) is 3.54. The second-order valence-corrected chi connectivity index (χ2v) is 7.36. The summed E-state index contributed by atoms with van der Waals surface area (Å²) in [5, 5.41) is 7.84. The molecular weight excluding hydrogens is 382 g/mol. The molecule has 0 saturated carbocycles. The number of rotatable bonds is 3. The molecule has 2 aliphatic heterocycles. The van der Waals surface area contributed by atoms with Gasteiger partial charge in [0, 0.05) is 30.1 Å². The van der Waals surface area contributed by atoms with Gasteiger partial charge in [0.15, 0.2) is 11.5 Å². The van der Waals surface area contributed by atoms with E-state index in [1.54, 1.807) is 4.90 Å². The Kier molecular flexibility index (Phi) is 4.63. The highest BCUT2D eigenvalue weighted by Crippen LogP contribution is 2.35. The maximum atomic E-state index is 12.6. The summed E-state index contributed by atoms with van der Waals surface area (Å²) in [6.07, 6.45) is 0.247. The molecule has 30 heavy (non-hydrogen) atoms. The molecule has 0 unspecified atom stereocenters. The number of carbonyl (C=O) groups is 2. The van der Waals surface area contributed by atoms with E-state index in [1.807, 2.05) is 60.7 Å². The predicted molar refractivity (Wildman–Crippen MR) is 114 cm³/mol. The van der Waals surface area contributed by atoms with E-state index in [0.717, 1.165) is 22.1 Å². The Balaban J connectivity index is 1.26. The Morgan fingerprint density at radius 1 is 0.967 bits per heavy atom. The van der Waals surface area contributed by atoms with Crippen LogP contribution in [0.5, 0.6) is 11.5 Å². The lowest BCUT2D eigenvalue weighted by Gasteiger charge is -2.22. The highest BCUT2D eigenvalue weighted by Gasteiger charge is 2.32. The first-order valence-corrected chi connectivity index (χ1v) is 9.93. The fourth-order valence-corrected chi connectivity index (χ4v) is 3.93. The summed E-state index contributed by atoms with van der Waals surface area (Å²) in [7, 11) is 0. The van der Waals surface area contributed by atoms with E-state index in [2.05, 4.69) is 10.6 Å². The Bertz CT molecular complexity index is 1130. The van der Waals surface area contributed by atoms with E-state index >= 15 is 0 Å². The molecule has 2 aliphatic rings. The average Bonchev–Trinajstić information content (AvgIpc) is 3.13. The van der Waals surface area contributed by atoms with Gasteiger partial charge in [-0.05, 0) is 23.6 Å². The normalized spacial score (nSPS) is 17.8. The van der Waals surface area contributed by atoms with Gasteiger partial charge in [-0.25, -0.2) is 4.79 Å². The van der Waals surface area contributed by atoms with Gasteiger partial charge in [-0.1, -0.05) is 36.4 Å². The molecule has 0 radical (unpaired) electrons. The number of hydrogen-bond acceptors (Lipinski definition) is 4. The van der Waals surface area contributed by atoms with Crippen molar-refractivity contribution in [1.82, 2.24) is 5.32 Å². The summed E-state index contributed by atoms with van der Waals surface area (Å²) in [6.45, 7) is 1.41. The number of anilines is 2. The fraction of sp³-hybridized carbons (Fsp3) is 0.217. The topological polar surface area (TPSA) is 79.9 Å². The highest BCUT2D eigenvalue weighted by molar-refractivity contribution is 6.02. The zero-order chi connectivity index (χ0) is 20.5. The molecule has 2 heterocycles. The summed E-state index contributed by atoms with van der Waals surface area (Å²) in [4.78, 5) is 26.8. The standard InChI is InChI=1S/C23H21N3O4/c27-22-12-16(14-26(22)17-8-9-20-21(13-17)30-11-10-29-20)24-23(28)25-19-7-3-5-15-4-1-2-6-18(15)19/h1-9,13,16H,10-12,14H2,(H2,24,25,28)/t16-/m1/s1. The van der Waals surface area contributed by atoms with Crippen molar-refractivity contribution in [2.75, 3.05) is 30.0 Å². The van der Waals surface area contributed by atoms with Crippen LogP contribution in [-0.2, 0) is 4.79 Å². The van der Waals surface area contributed by atoms with Crippen molar-refractivity contribution in [3.63, 3.8) is 0 Å². The molecule has 3 aromatic carbocycles. The van der Waals surface area contributed by atoms with E-state index in [1.165, 1.54) is 0 Å². The van der Waals surface area contributed by atoms with Crippen molar-refractivity contribution < 1.29 is 19.1 Å². The van der Waals surface area contributed by atoms with Gasteiger partial charge in [0.2, 0.25) is 5.91 Å². The number of nitrogens with one attached hydrogen (secondary N) is 2. The fourth-order valence-electron chi connectivity index (χ4n) is 3.93. The molecule has 152 valence electrons. The van der Waals surface area contributed by atoms with E-state index < -0.39 is 0 Å². The van der Waals surface area contributed by atoms with Crippen LogP contribution in [0.4, 0.5) is 16.2 Å². The zero-order valence-electron chi connectivity index (χ0n) is 16.3. The number of urea groups is 1. The van der Waals surface area contributed by atoms with E-state index in [0.29, 0.717) is 31.3 Å². The molecule has 0 aromatic heterocycles. The van der Waals surface area contributed by atoms with Crippen molar-refractivity contribution in [2.24, 2.45) is 0 Å². The van der Waals surface area contributed by atoms with Gasteiger partial charge in [-0.3, -0.25) is 4.79 Å². The van der Waals surface area contributed by atoms with Gasteiger partial charge in [-0.15, -0.1) is 0 Å². The van der Waals surface area contributed by atoms with Crippen molar-refractivity contribution >= 4 is 34.1 Å². The van der Waals surface area contributed by atoms with Gasteiger partial charge in [0.25, 0.3) is 0 Å². The van der Waals surface area contributed by atoms with E-state index in [4.69, 9.17) is 9.47 Å². The quantitative estimate of drug-likeness (QED) is 0.701. The van der Waals surface area contributed by atoms with Crippen molar-refractivity contribution in [2.45, 2.75) is 12.5 Å². The van der Waals surface area contributed by atoms with Crippen LogP contribution in [0.2, 0.25) is 0 Å². The Labute approximate surface area is 173 Å². The first-order valence-electron chi connectivity index (χ1n) is 9.93. The minimum atomic E-state index is -0.326. The van der Waals surface area contributed by atoms with Crippen molar-refractivity contribution in [3.05, 3.63) is 60.7 Å². The second kappa shape index (κ2) is 7.59. The number of carbonyl (C=O) groups excluding carboxylic acids is 2. The van der Waals surface area contributed by atoms with Crippen molar-refractivity contribution in [3.8, 4) is 11.5 Å². The van der Waals surface area contributed by atoms with Crippen LogP contribution < -0.4 is 25.0 Å². The lowest BCUT2D eigenvalue weighted by Crippen LogP contribution is -2.39. The largest absolute Gasteiger partial charge is 0.486 e. The molecule has 0 bridgehead atoms. The van der Waals surface area contributed by atoms with Crippen LogP contribution in [0.1, 0.15) is 6.42 Å². The third kappa shape index (κ3) is 3.50. The van der Waals surface area contributed by atoms with E-state index in [-0.39, 0.29) is 24.4 Å². The van der Waals surface area contributed by atoms with Gasteiger partial charge in [0.1, 0.15) is 13.2 Å². The van der Waals surface area contributed by atoms with Crippen LogP contribution >= 0.6 is 0 Å². The minimum Gasteiger partial charge on any atom is -0.486 e. The molecule has 2 N–H and O–H groups in total.